The Morgan fingerprint density at radius 2 is 1.36 bits per heavy atom. The van der Waals surface area contributed by atoms with E-state index in [1.54, 1.807) is 12.1 Å². The van der Waals surface area contributed by atoms with Gasteiger partial charge in [-0.1, -0.05) is 89.6 Å². The van der Waals surface area contributed by atoms with Crippen LogP contribution in [-0.4, -0.2) is 19.9 Å². The van der Waals surface area contributed by atoms with Crippen molar-refractivity contribution in [2.75, 3.05) is 4.90 Å². The highest BCUT2D eigenvalue weighted by molar-refractivity contribution is 6.83. The van der Waals surface area contributed by atoms with Crippen molar-refractivity contribution in [3.05, 3.63) is 64.7 Å². The van der Waals surface area contributed by atoms with E-state index in [0.717, 1.165) is 12.0 Å². The van der Waals surface area contributed by atoms with Gasteiger partial charge in [0.2, 0.25) is 0 Å². The number of rotatable bonds is 10. The molecule has 174 valence electrons. The zero-order chi connectivity index (χ0) is 23.8. The Morgan fingerprint density at radius 1 is 0.758 bits per heavy atom. The van der Waals surface area contributed by atoms with Crippen LogP contribution in [0.25, 0.3) is 0 Å². The summed E-state index contributed by atoms with van der Waals surface area (Å²) < 4.78 is 0. The minimum atomic E-state index is -1.51. The summed E-state index contributed by atoms with van der Waals surface area (Å²) in [4.78, 5) is 27.3. The quantitative estimate of drug-likeness (QED) is 0.161. The third-order valence-electron chi connectivity index (χ3n) is 5.98. The number of amides is 2. The molecular formula is C29H37NO2Si. The van der Waals surface area contributed by atoms with E-state index in [2.05, 4.69) is 38.0 Å². The van der Waals surface area contributed by atoms with Crippen LogP contribution in [0, 0.1) is 11.5 Å². The van der Waals surface area contributed by atoms with Gasteiger partial charge in [0.1, 0.15) is 8.07 Å². The summed E-state index contributed by atoms with van der Waals surface area (Å²) in [6, 6.07) is 13.2. The fraction of sp³-hybridized carbons (Fsp3) is 0.448. The SMILES string of the molecule is CCCCCCCCCCc1ccc(N2C(=O)c3ccc(C#C[Si](C)(C)C)cc3C2=O)cc1. The molecule has 0 unspecified atom stereocenters. The summed E-state index contributed by atoms with van der Waals surface area (Å²) in [5, 5.41) is 0. The second-order valence-corrected chi connectivity index (χ2v) is 14.8. The first kappa shape index (κ1) is 25.0. The van der Waals surface area contributed by atoms with Gasteiger partial charge in [0.05, 0.1) is 16.8 Å². The highest BCUT2D eigenvalue weighted by Gasteiger charge is 2.36. The smallest absolute Gasteiger partial charge is 0.266 e. The van der Waals surface area contributed by atoms with Crippen LogP contribution in [0.5, 0.6) is 0 Å². The van der Waals surface area contributed by atoms with Crippen molar-refractivity contribution in [2.24, 2.45) is 0 Å². The largest absolute Gasteiger partial charge is 0.268 e. The molecule has 33 heavy (non-hydrogen) atoms. The number of hydrogen-bond acceptors (Lipinski definition) is 2. The van der Waals surface area contributed by atoms with Gasteiger partial charge in [-0.05, 0) is 48.7 Å². The number of imide groups is 1. The van der Waals surface area contributed by atoms with Crippen LogP contribution in [0.3, 0.4) is 0 Å². The summed E-state index contributed by atoms with van der Waals surface area (Å²) in [6.45, 7) is 8.80. The Bertz CT molecular complexity index is 1040. The van der Waals surface area contributed by atoms with Gasteiger partial charge in [0.25, 0.3) is 11.8 Å². The number of benzene rings is 2. The first-order chi connectivity index (χ1) is 15.8. The molecular weight excluding hydrogens is 422 g/mol. The summed E-state index contributed by atoms with van der Waals surface area (Å²) in [5.41, 5.74) is 6.91. The molecule has 4 heteroatoms. The summed E-state index contributed by atoms with van der Waals surface area (Å²) in [5.74, 6) is 2.67. The average Bonchev–Trinajstić information content (AvgIpc) is 3.04. The second-order valence-electron chi connectivity index (χ2n) is 10.1. The third kappa shape index (κ3) is 6.92. The second kappa shape index (κ2) is 11.5. The zero-order valence-corrected chi connectivity index (χ0v) is 21.7. The van der Waals surface area contributed by atoms with E-state index >= 15 is 0 Å². The minimum absolute atomic E-state index is 0.254. The van der Waals surface area contributed by atoms with Crippen molar-refractivity contribution in [2.45, 2.75) is 84.4 Å². The zero-order valence-electron chi connectivity index (χ0n) is 20.7. The highest BCUT2D eigenvalue weighted by atomic mass is 28.3. The van der Waals surface area contributed by atoms with Gasteiger partial charge < -0.3 is 0 Å². The lowest BCUT2D eigenvalue weighted by Crippen LogP contribution is -2.29. The van der Waals surface area contributed by atoms with E-state index < -0.39 is 8.07 Å². The first-order valence-electron chi connectivity index (χ1n) is 12.4. The minimum Gasteiger partial charge on any atom is -0.268 e. The van der Waals surface area contributed by atoms with Crippen LogP contribution >= 0.6 is 0 Å². The highest BCUT2D eigenvalue weighted by Crippen LogP contribution is 2.29. The first-order valence-corrected chi connectivity index (χ1v) is 15.9. The Kier molecular flexibility index (Phi) is 8.69. The van der Waals surface area contributed by atoms with Gasteiger partial charge >= 0.3 is 0 Å². The maximum Gasteiger partial charge on any atom is 0.266 e. The standard InChI is InChI=1S/C29H37NO2Si/c1-5-6-7-8-9-10-11-12-13-23-14-17-25(18-15-23)30-28(31)26-19-16-24(20-21-33(2,3)4)22-27(26)29(30)32/h14-19,22H,5-13H2,1-4H3. The molecule has 2 aromatic carbocycles. The molecule has 0 aromatic heterocycles. The van der Waals surface area contributed by atoms with Crippen molar-refractivity contribution < 1.29 is 9.59 Å². The molecule has 1 aliphatic heterocycles. The van der Waals surface area contributed by atoms with Gasteiger partial charge in [-0.15, -0.1) is 5.54 Å². The van der Waals surface area contributed by atoms with Gasteiger partial charge in [0, 0.05) is 5.56 Å². The van der Waals surface area contributed by atoms with Crippen molar-refractivity contribution in [1.29, 1.82) is 0 Å². The van der Waals surface area contributed by atoms with Gasteiger partial charge in [-0.3, -0.25) is 9.59 Å². The number of fused-ring (bicyclic) bond motifs is 1. The Morgan fingerprint density at radius 3 is 2.00 bits per heavy atom. The number of nitrogens with zero attached hydrogens (tertiary/aromatic N) is 1. The molecule has 0 radical (unpaired) electrons. The van der Waals surface area contributed by atoms with E-state index in [9.17, 15) is 9.59 Å². The van der Waals surface area contributed by atoms with E-state index in [1.807, 2.05) is 30.3 Å². The predicted molar refractivity (Wildman–Crippen MR) is 141 cm³/mol. The molecule has 0 spiro atoms. The van der Waals surface area contributed by atoms with Crippen LogP contribution in [0.2, 0.25) is 19.6 Å². The third-order valence-corrected chi connectivity index (χ3v) is 6.86. The number of anilines is 1. The average molecular weight is 460 g/mol. The van der Waals surface area contributed by atoms with Gasteiger partial charge in [-0.2, -0.15) is 0 Å². The summed E-state index contributed by atoms with van der Waals surface area (Å²) in [6.07, 6.45) is 11.5. The van der Waals surface area contributed by atoms with E-state index in [1.165, 1.54) is 61.8 Å². The van der Waals surface area contributed by atoms with Crippen LogP contribution in [0.4, 0.5) is 5.69 Å². The lowest BCUT2D eigenvalue weighted by Gasteiger charge is -2.14. The Labute approximate surface area is 200 Å². The van der Waals surface area contributed by atoms with Crippen molar-refractivity contribution in [3.63, 3.8) is 0 Å². The van der Waals surface area contributed by atoms with Crippen LogP contribution in [0.15, 0.2) is 42.5 Å². The van der Waals surface area contributed by atoms with Gasteiger partial charge in [-0.25, -0.2) is 4.90 Å². The monoisotopic (exact) mass is 459 g/mol. The number of carbonyl (C=O) groups is 2. The maximum atomic E-state index is 13.0. The molecule has 1 heterocycles. The van der Waals surface area contributed by atoms with Gasteiger partial charge in [0.15, 0.2) is 0 Å². The van der Waals surface area contributed by atoms with Crippen molar-refractivity contribution in [1.82, 2.24) is 0 Å². The van der Waals surface area contributed by atoms with E-state index in [0.29, 0.717) is 16.8 Å². The fourth-order valence-electron chi connectivity index (χ4n) is 4.09. The topological polar surface area (TPSA) is 37.4 Å². The molecule has 0 fully saturated rings. The number of unbranched alkanes of at least 4 members (excludes halogenated alkanes) is 7. The molecule has 2 aromatic rings. The molecule has 0 saturated heterocycles. The molecule has 0 N–H and O–H groups in total. The normalized spacial score (nSPS) is 13.2. The fourth-order valence-corrected chi connectivity index (χ4v) is 4.61. The summed E-state index contributed by atoms with van der Waals surface area (Å²) >= 11 is 0. The van der Waals surface area contributed by atoms with Crippen molar-refractivity contribution >= 4 is 25.6 Å². The lowest BCUT2D eigenvalue weighted by atomic mass is 10.0. The van der Waals surface area contributed by atoms with E-state index in [-0.39, 0.29) is 11.8 Å². The van der Waals surface area contributed by atoms with Crippen molar-refractivity contribution in [3.8, 4) is 11.5 Å². The predicted octanol–water partition coefficient (Wildman–Crippen LogP) is 7.40. The molecule has 0 aliphatic carbocycles. The maximum absolute atomic E-state index is 13.0. The molecule has 3 rings (SSSR count). The lowest BCUT2D eigenvalue weighted by molar-refractivity contribution is 0.0926. The Hall–Kier alpha value is -2.64. The summed E-state index contributed by atoms with van der Waals surface area (Å²) in [7, 11) is -1.51. The number of hydrogen-bond donors (Lipinski definition) is 0. The molecule has 0 atom stereocenters. The van der Waals surface area contributed by atoms with Crippen LogP contribution in [-0.2, 0) is 6.42 Å². The van der Waals surface area contributed by atoms with E-state index in [4.69, 9.17) is 0 Å². The molecule has 2 amide bonds. The molecule has 0 bridgehead atoms. The number of carbonyl (C=O) groups excluding carboxylic acids is 2. The number of aryl methyl sites for hydroxylation is 1. The Balaban J connectivity index is 1.58. The molecule has 1 aliphatic rings. The van der Waals surface area contributed by atoms with Crippen LogP contribution in [0.1, 0.15) is 90.1 Å². The van der Waals surface area contributed by atoms with Crippen LogP contribution < -0.4 is 4.90 Å². The molecule has 0 saturated carbocycles. The molecule has 3 nitrogen and oxygen atoms in total.